The second kappa shape index (κ2) is 6.00. The van der Waals surface area contributed by atoms with Crippen LogP contribution in [0.1, 0.15) is 10.4 Å². The Kier molecular flexibility index (Phi) is 4.01. The summed E-state index contributed by atoms with van der Waals surface area (Å²) in [5.41, 5.74) is 2.60. The van der Waals surface area contributed by atoms with Crippen molar-refractivity contribution in [3.05, 3.63) is 42.0 Å². The molecule has 1 aromatic heterocycles. The van der Waals surface area contributed by atoms with E-state index in [4.69, 9.17) is 9.47 Å². The van der Waals surface area contributed by atoms with E-state index in [1.807, 2.05) is 43.4 Å². The zero-order chi connectivity index (χ0) is 17.4. The summed E-state index contributed by atoms with van der Waals surface area (Å²) in [5, 5.41) is 1.72. The molecule has 0 bridgehead atoms. The molecule has 0 saturated carbocycles. The fourth-order valence-electron chi connectivity index (χ4n) is 3.00. The molecule has 0 radical (unpaired) electrons. The Balaban J connectivity index is 2.53. The first-order valence-electron chi connectivity index (χ1n) is 7.67. The molecule has 0 atom stereocenters. The first kappa shape index (κ1) is 16.1. The second-order valence-corrected chi connectivity index (χ2v) is 5.90. The third-order valence-electron chi connectivity index (χ3n) is 4.29. The van der Waals surface area contributed by atoms with E-state index in [2.05, 4.69) is 4.57 Å². The van der Waals surface area contributed by atoms with Crippen molar-refractivity contribution in [2.45, 2.75) is 0 Å². The monoisotopic (exact) mass is 325 g/mol. The van der Waals surface area contributed by atoms with Gasteiger partial charge in [-0.05, 0) is 24.3 Å². The van der Waals surface area contributed by atoms with Crippen LogP contribution >= 0.6 is 0 Å². The number of methoxy groups -OCH3 is 2. The summed E-state index contributed by atoms with van der Waals surface area (Å²) in [4.78, 5) is 14.5. The van der Waals surface area contributed by atoms with Crippen LogP contribution < -0.4 is 14.0 Å². The molecule has 0 aliphatic rings. The SMILES string of the molecule is COc1ccc2c(c1)c(C(=O)N(C)C)c1cc(OC)ccc1[n+]2C. The lowest BCUT2D eigenvalue weighted by molar-refractivity contribution is -0.617. The molecule has 5 nitrogen and oxygen atoms in total. The number of ether oxygens (including phenoxy) is 2. The van der Waals surface area contributed by atoms with Crippen molar-refractivity contribution in [3.8, 4) is 11.5 Å². The molecule has 5 heteroatoms. The van der Waals surface area contributed by atoms with Crippen LogP contribution in [0.15, 0.2) is 36.4 Å². The minimum Gasteiger partial charge on any atom is -0.497 e. The number of aryl methyl sites for hydroxylation is 1. The van der Waals surface area contributed by atoms with Crippen molar-refractivity contribution in [3.63, 3.8) is 0 Å². The number of rotatable bonds is 3. The molecule has 0 fully saturated rings. The van der Waals surface area contributed by atoms with Crippen molar-refractivity contribution >= 4 is 27.7 Å². The van der Waals surface area contributed by atoms with Crippen molar-refractivity contribution in [1.29, 1.82) is 0 Å². The van der Waals surface area contributed by atoms with Crippen LogP contribution in [0.4, 0.5) is 0 Å². The smallest absolute Gasteiger partial charge is 0.255 e. The highest BCUT2D eigenvalue weighted by molar-refractivity contribution is 6.15. The summed E-state index contributed by atoms with van der Waals surface area (Å²) < 4.78 is 12.8. The van der Waals surface area contributed by atoms with Gasteiger partial charge in [0.05, 0.1) is 30.6 Å². The first-order valence-corrected chi connectivity index (χ1v) is 7.67. The number of amides is 1. The fourth-order valence-corrected chi connectivity index (χ4v) is 3.00. The predicted octanol–water partition coefficient (Wildman–Crippen LogP) is 2.54. The van der Waals surface area contributed by atoms with Gasteiger partial charge >= 0.3 is 0 Å². The van der Waals surface area contributed by atoms with Gasteiger partial charge in [-0.1, -0.05) is 0 Å². The Morgan fingerprint density at radius 2 is 1.38 bits per heavy atom. The average molecular weight is 325 g/mol. The molecule has 0 N–H and O–H groups in total. The standard InChI is InChI=1S/C19H21N2O3/c1-20(2)19(22)18-14-10-12(23-4)6-8-16(14)21(3)17-9-7-13(24-5)11-15(17)18/h6-11H,1-5H3/q+1. The van der Waals surface area contributed by atoms with Gasteiger partial charge in [-0.3, -0.25) is 4.79 Å². The Hall–Kier alpha value is -2.82. The van der Waals surface area contributed by atoms with Gasteiger partial charge in [-0.2, -0.15) is 4.57 Å². The minimum absolute atomic E-state index is 0.0490. The number of pyridine rings is 1. The molecule has 1 amide bonds. The number of hydrogen-bond donors (Lipinski definition) is 0. The maximum absolute atomic E-state index is 12.9. The first-order chi connectivity index (χ1) is 11.5. The van der Waals surface area contributed by atoms with Crippen LogP contribution in [0.3, 0.4) is 0 Å². The third kappa shape index (κ3) is 2.42. The Labute approximate surface area is 141 Å². The number of fused-ring (bicyclic) bond motifs is 2. The number of aromatic nitrogens is 1. The molecule has 0 aliphatic heterocycles. The van der Waals surface area contributed by atoms with E-state index in [0.29, 0.717) is 5.56 Å². The van der Waals surface area contributed by atoms with Crippen LogP contribution in [0.2, 0.25) is 0 Å². The minimum atomic E-state index is -0.0490. The fraction of sp³-hybridized carbons (Fsp3) is 0.263. The predicted molar refractivity (Wildman–Crippen MR) is 93.8 cm³/mol. The maximum atomic E-state index is 12.9. The molecule has 3 rings (SSSR count). The summed E-state index contributed by atoms with van der Waals surface area (Å²) in [6.45, 7) is 0. The molecule has 0 saturated heterocycles. The highest BCUT2D eigenvalue weighted by Gasteiger charge is 2.24. The highest BCUT2D eigenvalue weighted by Crippen LogP contribution is 2.30. The zero-order valence-electron chi connectivity index (χ0n) is 14.6. The molecular formula is C19H21N2O3+. The quantitative estimate of drug-likeness (QED) is 0.549. The lowest BCUT2D eigenvalue weighted by Crippen LogP contribution is -2.32. The van der Waals surface area contributed by atoms with Gasteiger partial charge in [-0.15, -0.1) is 0 Å². The van der Waals surface area contributed by atoms with Crippen molar-refractivity contribution in [1.82, 2.24) is 4.90 Å². The van der Waals surface area contributed by atoms with Crippen LogP contribution in [0, 0.1) is 0 Å². The lowest BCUT2D eigenvalue weighted by Gasteiger charge is -2.15. The number of benzene rings is 2. The molecule has 1 heterocycles. The van der Waals surface area contributed by atoms with E-state index in [1.165, 1.54) is 0 Å². The maximum Gasteiger partial charge on any atom is 0.255 e. The van der Waals surface area contributed by atoms with E-state index >= 15 is 0 Å². The number of hydrogen-bond acceptors (Lipinski definition) is 3. The second-order valence-electron chi connectivity index (χ2n) is 5.90. The molecule has 0 spiro atoms. The van der Waals surface area contributed by atoms with Gasteiger partial charge in [0.1, 0.15) is 18.5 Å². The van der Waals surface area contributed by atoms with Gasteiger partial charge in [0.15, 0.2) is 0 Å². The largest absolute Gasteiger partial charge is 0.497 e. The van der Waals surface area contributed by atoms with Gasteiger partial charge in [0.25, 0.3) is 5.91 Å². The van der Waals surface area contributed by atoms with E-state index in [9.17, 15) is 4.79 Å². The Bertz CT molecular complexity index is 883. The van der Waals surface area contributed by atoms with E-state index in [0.717, 1.165) is 33.3 Å². The van der Waals surface area contributed by atoms with Gasteiger partial charge in [-0.25, -0.2) is 0 Å². The topological polar surface area (TPSA) is 42.6 Å². The highest BCUT2D eigenvalue weighted by atomic mass is 16.5. The van der Waals surface area contributed by atoms with Crippen molar-refractivity contribution in [2.24, 2.45) is 7.05 Å². The van der Waals surface area contributed by atoms with Crippen molar-refractivity contribution < 1.29 is 18.8 Å². The molecule has 124 valence electrons. The van der Waals surface area contributed by atoms with Gasteiger partial charge in [0, 0.05) is 26.2 Å². The zero-order valence-corrected chi connectivity index (χ0v) is 14.6. The molecule has 2 aromatic carbocycles. The van der Waals surface area contributed by atoms with Crippen LogP contribution in [0.5, 0.6) is 11.5 Å². The Morgan fingerprint density at radius 1 is 0.917 bits per heavy atom. The summed E-state index contributed by atoms with van der Waals surface area (Å²) in [7, 11) is 8.76. The summed E-state index contributed by atoms with van der Waals surface area (Å²) >= 11 is 0. The molecule has 0 unspecified atom stereocenters. The van der Waals surface area contributed by atoms with Gasteiger partial charge in [0.2, 0.25) is 11.0 Å². The normalized spacial score (nSPS) is 10.9. The molecular weight excluding hydrogens is 304 g/mol. The van der Waals surface area contributed by atoms with E-state index in [1.54, 1.807) is 33.2 Å². The van der Waals surface area contributed by atoms with Crippen LogP contribution in [0.25, 0.3) is 21.8 Å². The molecule has 3 aromatic rings. The van der Waals surface area contributed by atoms with E-state index < -0.39 is 0 Å². The number of carbonyl (C=O) groups is 1. The summed E-state index contributed by atoms with van der Waals surface area (Å²) in [5.74, 6) is 1.39. The third-order valence-corrected chi connectivity index (χ3v) is 4.29. The number of carbonyl (C=O) groups excluding carboxylic acids is 1. The van der Waals surface area contributed by atoms with Gasteiger partial charge < -0.3 is 14.4 Å². The Morgan fingerprint density at radius 3 is 1.75 bits per heavy atom. The van der Waals surface area contributed by atoms with E-state index in [-0.39, 0.29) is 5.91 Å². The molecule has 24 heavy (non-hydrogen) atoms. The number of nitrogens with zero attached hydrogens (tertiary/aromatic N) is 2. The summed E-state index contributed by atoms with van der Waals surface area (Å²) in [6, 6.07) is 11.6. The molecule has 0 aliphatic carbocycles. The van der Waals surface area contributed by atoms with Crippen LogP contribution in [-0.2, 0) is 7.05 Å². The lowest BCUT2D eigenvalue weighted by atomic mass is 10.0. The summed E-state index contributed by atoms with van der Waals surface area (Å²) in [6.07, 6.45) is 0. The van der Waals surface area contributed by atoms with Crippen LogP contribution in [-0.4, -0.2) is 39.1 Å². The average Bonchev–Trinajstić information content (AvgIpc) is 2.60. The van der Waals surface area contributed by atoms with Crippen molar-refractivity contribution in [2.75, 3.05) is 28.3 Å².